The van der Waals surface area contributed by atoms with Gasteiger partial charge in [0.2, 0.25) is 0 Å². The zero-order chi connectivity index (χ0) is 13.9. The number of carboxylic acid groups (broad SMARTS) is 1. The first-order valence-electron chi connectivity index (χ1n) is 5.76. The molecule has 1 aliphatic carbocycles. The van der Waals surface area contributed by atoms with E-state index in [2.05, 4.69) is 5.32 Å². The Kier molecular flexibility index (Phi) is 4.32. The fourth-order valence-corrected chi connectivity index (χ4v) is 1.63. The number of hydrogen-bond donors (Lipinski definition) is 2. The molecule has 1 rings (SSSR count). The number of alkyl carbamates (subject to hydrolysis) is 1. The van der Waals surface area contributed by atoms with Gasteiger partial charge in [-0.1, -0.05) is 0 Å². The largest absolute Gasteiger partial charge is 0.478 e. The Hall–Kier alpha value is -1.59. The number of carbonyl (C=O) groups excluding carboxylic acids is 1. The molecule has 5 nitrogen and oxygen atoms in total. The number of rotatable bonds is 2. The van der Waals surface area contributed by atoms with E-state index >= 15 is 0 Å². The number of hydrogen-bond acceptors (Lipinski definition) is 3. The summed E-state index contributed by atoms with van der Waals surface area (Å²) in [5.74, 6) is -1.09. The van der Waals surface area contributed by atoms with E-state index in [1.54, 1.807) is 20.8 Å². The van der Waals surface area contributed by atoms with Crippen molar-refractivity contribution in [2.24, 2.45) is 0 Å². The van der Waals surface area contributed by atoms with Gasteiger partial charge in [0.1, 0.15) is 11.8 Å². The molecule has 102 valence electrons. The van der Waals surface area contributed by atoms with E-state index in [0.29, 0.717) is 0 Å². The second-order valence-electron chi connectivity index (χ2n) is 5.22. The minimum atomic E-state index is -1.29. The van der Waals surface area contributed by atoms with Crippen LogP contribution in [-0.2, 0) is 9.53 Å². The molecule has 0 saturated carbocycles. The lowest BCUT2D eigenvalue weighted by Gasteiger charge is -2.26. The summed E-state index contributed by atoms with van der Waals surface area (Å²) in [5.41, 5.74) is -0.561. The third kappa shape index (κ3) is 4.35. The Labute approximate surface area is 105 Å². The normalized spacial score (nSPS) is 24.1. The van der Waals surface area contributed by atoms with E-state index < -0.39 is 29.9 Å². The molecule has 0 aromatic carbocycles. The first kappa shape index (κ1) is 14.5. The lowest BCUT2D eigenvalue weighted by Crippen LogP contribution is -2.44. The number of ether oxygens (including phenoxy) is 1. The van der Waals surface area contributed by atoms with Crippen molar-refractivity contribution < 1.29 is 23.8 Å². The highest BCUT2D eigenvalue weighted by Gasteiger charge is 2.29. The number of alkyl halides is 1. The summed E-state index contributed by atoms with van der Waals surface area (Å²) in [6.07, 6.45) is -0.555. The lowest BCUT2D eigenvalue weighted by molar-refractivity contribution is -0.133. The van der Waals surface area contributed by atoms with Gasteiger partial charge in [-0.15, -0.1) is 0 Å². The van der Waals surface area contributed by atoms with Gasteiger partial charge < -0.3 is 15.2 Å². The second kappa shape index (κ2) is 5.37. The third-order valence-electron chi connectivity index (χ3n) is 2.42. The molecule has 1 amide bonds. The van der Waals surface area contributed by atoms with Gasteiger partial charge in [0.05, 0.1) is 6.04 Å². The summed E-state index contributed by atoms with van der Waals surface area (Å²) < 4.78 is 18.6. The van der Waals surface area contributed by atoms with Crippen molar-refractivity contribution in [1.29, 1.82) is 0 Å². The van der Waals surface area contributed by atoms with Gasteiger partial charge >= 0.3 is 12.1 Å². The Balaban J connectivity index is 2.67. The van der Waals surface area contributed by atoms with Gasteiger partial charge in [-0.25, -0.2) is 14.0 Å². The summed E-state index contributed by atoms with van der Waals surface area (Å²) >= 11 is 0. The van der Waals surface area contributed by atoms with Gasteiger partial charge in [0.25, 0.3) is 0 Å². The molecule has 6 heteroatoms. The second-order valence-corrected chi connectivity index (χ2v) is 5.22. The third-order valence-corrected chi connectivity index (χ3v) is 2.42. The van der Waals surface area contributed by atoms with Crippen LogP contribution < -0.4 is 5.32 Å². The van der Waals surface area contributed by atoms with Crippen LogP contribution in [0, 0.1) is 0 Å². The molecule has 0 bridgehead atoms. The fourth-order valence-electron chi connectivity index (χ4n) is 1.63. The van der Waals surface area contributed by atoms with E-state index in [-0.39, 0.29) is 18.4 Å². The summed E-state index contributed by atoms with van der Waals surface area (Å²) in [6.45, 7) is 5.08. The van der Waals surface area contributed by atoms with E-state index in [4.69, 9.17) is 9.84 Å². The Bertz CT molecular complexity index is 373. The molecule has 0 aromatic heterocycles. The average Bonchev–Trinajstić information content (AvgIpc) is 2.18. The van der Waals surface area contributed by atoms with Crippen LogP contribution in [0.15, 0.2) is 11.6 Å². The van der Waals surface area contributed by atoms with Gasteiger partial charge in [-0.05, 0) is 39.7 Å². The first-order valence-corrected chi connectivity index (χ1v) is 5.76. The highest BCUT2D eigenvalue weighted by Crippen LogP contribution is 2.21. The number of aliphatic carboxylic acids is 1. The molecule has 18 heavy (non-hydrogen) atoms. The summed E-state index contributed by atoms with van der Waals surface area (Å²) in [6, 6.07) is -0.945. The van der Waals surface area contributed by atoms with Crippen molar-refractivity contribution in [3.63, 3.8) is 0 Å². The predicted molar refractivity (Wildman–Crippen MR) is 63.0 cm³/mol. The monoisotopic (exact) mass is 259 g/mol. The molecule has 0 unspecified atom stereocenters. The SMILES string of the molecule is CC(C)(C)OC(=O)N[C@H]1C=C(C(=O)O)CC[C@@H]1F. The van der Waals surface area contributed by atoms with E-state index in [1.807, 2.05) is 0 Å². The van der Waals surface area contributed by atoms with Crippen molar-refractivity contribution in [2.75, 3.05) is 0 Å². The molecule has 0 aromatic rings. The maximum absolute atomic E-state index is 13.6. The van der Waals surface area contributed by atoms with Crippen molar-refractivity contribution >= 4 is 12.1 Å². The zero-order valence-corrected chi connectivity index (χ0v) is 10.7. The first-order chi connectivity index (χ1) is 8.19. The molecule has 0 radical (unpaired) electrons. The number of carboxylic acids is 1. The molecule has 1 aliphatic rings. The van der Waals surface area contributed by atoms with Gasteiger partial charge in [0.15, 0.2) is 0 Å². The maximum Gasteiger partial charge on any atom is 0.408 e. The van der Waals surface area contributed by atoms with Crippen LogP contribution in [0.1, 0.15) is 33.6 Å². The summed E-state index contributed by atoms with van der Waals surface area (Å²) in [4.78, 5) is 22.3. The van der Waals surface area contributed by atoms with Crippen LogP contribution in [0.4, 0.5) is 9.18 Å². The van der Waals surface area contributed by atoms with Crippen LogP contribution in [0.3, 0.4) is 0 Å². The standard InChI is InChI=1S/C12H18FNO4/c1-12(2,3)18-11(17)14-9-6-7(10(15)16)4-5-8(9)13/h6,8-9H,4-5H2,1-3H3,(H,14,17)(H,15,16)/t8-,9-/m0/s1. The maximum atomic E-state index is 13.6. The molecule has 2 atom stereocenters. The van der Waals surface area contributed by atoms with Crippen molar-refractivity contribution in [3.05, 3.63) is 11.6 Å². The van der Waals surface area contributed by atoms with Crippen molar-refractivity contribution in [1.82, 2.24) is 5.32 Å². The Morgan fingerprint density at radius 3 is 2.61 bits per heavy atom. The Morgan fingerprint density at radius 2 is 2.11 bits per heavy atom. The van der Waals surface area contributed by atoms with Crippen LogP contribution in [0.25, 0.3) is 0 Å². The average molecular weight is 259 g/mol. The predicted octanol–water partition coefficient (Wildman–Crippen LogP) is 2.02. The molecule has 0 aliphatic heterocycles. The molecule has 0 saturated heterocycles. The van der Waals surface area contributed by atoms with Crippen molar-refractivity contribution in [2.45, 2.75) is 51.4 Å². The molecule has 2 N–H and O–H groups in total. The molecule has 0 fully saturated rings. The topological polar surface area (TPSA) is 75.6 Å². The fraction of sp³-hybridized carbons (Fsp3) is 0.667. The Morgan fingerprint density at radius 1 is 1.50 bits per heavy atom. The zero-order valence-electron chi connectivity index (χ0n) is 10.7. The van der Waals surface area contributed by atoms with E-state index in [9.17, 15) is 14.0 Å². The number of carbonyl (C=O) groups is 2. The minimum Gasteiger partial charge on any atom is -0.478 e. The summed E-state index contributed by atoms with van der Waals surface area (Å²) in [7, 11) is 0. The quantitative estimate of drug-likeness (QED) is 0.795. The van der Waals surface area contributed by atoms with Crippen LogP contribution >= 0.6 is 0 Å². The van der Waals surface area contributed by atoms with Crippen LogP contribution in [0.5, 0.6) is 0 Å². The van der Waals surface area contributed by atoms with Crippen LogP contribution in [0.2, 0.25) is 0 Å². The van der Waals surface area contributed by atoms with Gasteiger partial charge in [-0.3, -0.25) is 0 Å². The van der Waals surface area contributed by atoms with E-state index in [0.717, 1.165) is 0 Å². The highest BCUT2D eigenvalue weighted by molar-refractivity contribution is 5.87. The lowest BCUT2D eigenvalue weighted by atomic mass is 9.94. The van der Waals surface area contributed by atoms with E-state index in [1.165, 1.54) is 6.08 Å². The number of amides is 1. The molecular weight excluding hydrogens is 241 g/mol. The van der Waals surface area contributed by atoms with Crippen molar-refractivity contribution in [3.8, 4) is 0 Å². The van der Waals surface area contributed by atoms with Gasteiger partial charge in [0, 0.05) is 5.57 Å². The number of nitrogens with one attached hydrogen (secondary N) is 1. The number of halogens is 1. The smallest absolute Gasteiger partial charge is 0.408 e. The summed E-state index contributed by atoms with van der Waals surface area (Å²) in [5, 5.41) is 11.2. The van der Waals surface area contributed by atoms with Crippen LogP contribution in [-0.4, -0.2) is 35.0 Å². The van der Waals surface area contributed by atoms with Gasteiger partial charge in [-0.2, -0.15) is 0 Å². The molecule has 0 heterocycles. The molecule has 0 spiro atoms. The highest BCUT2D eigenvalue weighted by atomic mass is 19.1. The molecular formula is C12H18FNO4. The minimum absolute atomic E-state index is 0.0819.